The second-order valence-electron chi connectivity index (χ2n) is 3.05. The molecule has 0 aliphatic heterocycles. The van der Waals surface area contributed by atoms with E-state index in [-0.39, 0.29) is 5.56 Å². The molecule has 2 aromatic rings. The van der Waals surface area contributed by atoms with E-state index < -0.39 is 6.43 Å². The van der Waals surface area contributed by atoms with Crippen molar-refractivity contribution in [3.8, 4) is 0 Å². The van der Waals surface area contributed by atoms with Crippen LogP contribution in [0.1, 0.15) is 17.6 Å². The van der Waals surface area contributed by atoms with Crippen molar-refractivity contribution in [2.24, 2.45) is 0 Å². The van der Waals surface area contributed by atoms with E-state index in [1.807, 2.05) is 0 Å². The minimum Gasteiger partial charge on any atom is -0.205 e. The summed E-state index contributed by atoms with van der Waals surface area (Å²) in [6.07, 6.45) is -2.44. The molecule has 0 saturated carbocycles. The minimum absolute atomic E-state index is 0.102. The van der Waals surface area contributed by atoms with Gasteiger partial charge < -0.3 is 0 Å². The van der Waals surface area contributed by atoms with Gasteiger partial charge in [0.1, 0.15) is 0 Å². The van der Waals surface area contributed by atoms with Crippen molar-refractivity contribution < 1.29 is 8.78 Å². The number of rotatable bonds is 1. The first-order valence-corrected chi connectivity index (χ1v) is 5.31. The Bertz CT molecular complexity index is 476. The third kappa shape index (κ3) is 1.41. The van der Waals surface area contributed by atoms with Gasteiger partial charge in [0.15, 0.2) is 0 Å². The van der Waals surface area contributed by atoms with E-state index in [4.69, 9.17) is 11.6 Å². The second-order valence-corrected chi connectivity index (χ2v) is 4.38. The largest absolute Gasteiger partial charge is 0.264 e. The van der Waals surface area contributed by atoms with Crippen molar-refractivity contribution in [3.63, 3.8) is 0 Å². The Balaban J connectivity index is 2.86. The SMILES string of the molecule is Cc1cc(Cl)c2sccc2c1C(F)F. The van der Waals surface area contributed by atoms with Crippen LogP contribution in [0.25, 0.3) is 10.1 Å². The van der Waals surface area contributed by atoms with Gasteiger partial charge in [0.25, 0.3) is 6.43 Å². The Morgan fingerprint density at radius 3 is 2.79 bits per heavy atom. The fourth-order valence-electron chi connectivity index (χ4n) is 1.54. The predicted molar refractivity (Wildman–Crippen MR) is 56.5 cm³/mol. The standard InChI is InChI=1S/C10H7ClF2S/c1-5-4-7(11)9-6(2-3-14-9)8(5)10(12)13/h2-4,10H,1H3. The summed E-state index contributed by atoms with van der Waals surface area (Å²) >= 11 is 7.33. The average Bonchev–Trinajstić information content (AvgIpc) is 2.51. The number of halogens is 3. The van der Waals surface area contributed by atoms with Crippen molar-refractivity contribution in [1.29, 1.82) is 0 Å². The van der Waals surface area contributed by atoms with Crippen LogP contribution in [-0.4, -0.2) is 0 Å². The normalized spacial score (nSPS) is 11.5. The number of benzene rings is 1. The number of hydrogen-bond acceptors (Lipinski definition) is 1. The molecule has 0 amide bonds. The van der Waals surface area contributed by atoms with Gasteiger partial charge in [-0.05, 0) is 30.0 Å². The number of fused-ring (bicyclic) bond motifs is 1. The number of aryl methyl sites for hydroxylation is 1. The molecule has 0 saturated heterocycles. The summed E-state index contributed by atoms with van der Waals surface area (Å²) in [5.74, 6) is 0. The predicted octanol–water partition coefficient (Wildman–Crippen LogP) is 4.80. The van der Waals surface area contributed by atoms with Crippen LogP contribution in [0.15, 0.2) is 17.5 Å². The van der Waals surface area contributed by atoms with Crippen molar-refractivity contribution in [2.45, 2.75) is 13.3 Å². The maximum absolute atomic E-state index is 12.7. The number of alkyl halides is 2. The van der Waals surface area contributed by atoms with Gasteiger partial charge in [-0.1, -0.05) is 11.6 Å². The summed E-state index contributed by atoms with van der Waals surface area (Å²) in [6, 6.07) is 3.29. The quantitative estimate of drug-likeness (QED) is 0.663. The molecule has 0 bridgehead atoms. The topological polar surface area (TPSA) is 0 Å². The van der Waals surface area contributed by atoms with Gasteiger partial charge in [-0.25, -0.2) is 8.78 Å². The van der Waals surface area contributed by atoms with Crippen LogP contribution in [0.2, 0.25) is 5.02 Å². The van der Waals surface area contributed by atoms with E-state index in [1.54, 1.807) is 24.4 Å². The van der Waals surface area contributed by atoms with E-state index in [1.165, 1.54) is 11.3 Å². The van der Waals surface area contributed by atoms with E-state index >= 15 is 0 Å². The first kappa shape index (κ1) is 9.87. The summed E-state index contributed by atoms with van der Waals surface area (Å²) in [7, 11) is 0. The lowest BCUT2D eigenvalue weighted by molar-refractivity contribution is 0.152. The molecule has 0 aliphatic rings. The van der Waals surface area contributed by atoms with Gasteiger partial charge in [0.05, 0.1) is 9.72 Å². The Morgan fingerprint density at radius 2 is 2.14 bits per heavy atom. The first-order chi connectivity index (χ1) is 6.61. The van der Waals surface area contributed by atoms with Crippen molar-refractivity contribution in [3.05, 3.63) is 33.7 Å². The van der Waals surface area contributed by atoms with Gasteiger partial charge in [-0.3, -0.25) is 0 Å². The zero-order valence-electron chi connectivity index (χ0n) is 7.35. The van der Waals surface area contributed by atoms with Gasteiger partial charge in [-0.15, -0.1) is 11.3 Å². The van der Waals surface area contributed by atoms with Crippen molar-refractivity contribution >= 4 is 33.0 Å². The van der Waals surface area contributed by atoms with E-state index in [2.05, 4.69) is 0 Å². The lowest BCUT2D eigenvalue weighted by atomic mass is 10.1. The van der Waals surface area contributed by atoms with Gasteiger partial charge in [-0.2, -0.15) is 0 Å². The maximum atomic E-state index is 12.7. The molecule has 4 heteroatoms. The summed E-state index contributed by atoms with van der Waals surface area (Å²) in [5.41, 5.74) is 0.654. The molecule has 0 radical (unpaired) electrons. The summed E-state index contributed by atoms with van der Waals surface area (Å²) < 4.78 is 26.2. The molecule has 1 aromatic carbocycles. The van der Waals surface area contributed by atoms with E-state index in [0.717, 1.165) is 4.70 Å². The molecule has 0 N–H and O–H groups in total. The lowest BCUT2D eigenvalue weighted by Crippen LogP contribution is -1.90. The molecule has 0 aliphatic carbocycles. The molecular weight excluding hydrogens is 226 g/mol. The highest BCUT2D eigenvalue weighted by Crippen LogP contribution is 2.37. The zero-order valence-corrected chi connectivity index (χ0v) is 8.92. The molecule has 1 heterocycles. The molecular formula is C10H7ClF2S. The maximum Gasteiger partial charge on any atom is 0.264 e. The molecule has 1 aromatic heterocycles. The van der Waals surface area contributed by atoms with Crippen LogP contribution in [0.5, 0.6) is 0 Å². The average molecular weight is 233 g/mol. The van der Waals surface area contributed by atoms with E-state index in [9.17, 15) is 8.78 Å². The van der Waals surface area contributed by atoms with Crippen LogP contribution >= 0.6 is 22.9 Å². The minimum atomic E-state index is -2.44. The summed E-state index contributed by atoms with van der Waals surface area (Å²) in [4.78, 5) is 0. The van der Waals surface area contributed by atoms with Crippen LogP contribution in [-0.2, 0) is 0 Å². The number of thiophene rings is 1. The Morgan fingerprint density at radius 1 is 1.43 bits per heavy atom. The Hall–Kier alpha value is -0.670. The fraction of sp³-hybridized carbons (Fsp3) is 0.200. The second kappa shape index (κ2) is 3.48. The highest BCUT2D eigenvalue weighted by atomic mass is 35.5. The van der Waals surface area contributed by atoms with E-state index in [0.29, 0.717) is 16.0 Å². The van der Waals surface area contributed by atoms with Crippen LogP contribution < -0.4 is 0 Å². The van der Waals surface area contributed by atoms with Crippen molar-refractivity contribution in [2.75, 3.05) is 0 Å². The van der Waals surface area contributed by atoms with Crippen LogP contribution in [0, 0.1) is 6.92 Å². The zero-order chi connectivity index (χ0) is 10.3. The fourth-order valence-corrected chi connectivity index (χ4v) is 2.76. The van der Waals surface area contributed by atoms with Crippen LogP contribution in [0.4, 0.5) is 8.78 Å². The molecule has 14 heavy (non-hydrogen) atoms. The summed E-state index contributed by atoms with van der Waals surface area (Å²) in [6.45, 7) is 1.66. The molecule has 0 spiro atoms. The van der Waals surface area contributed by atoms with Gasteiger partial charge >= 0.3 is 0 Å². The molecule has 2 rings (SSSR count). The molecule has 0 fully saturated rings. The molecule has 0 unspecified atom stereocenters. The number of hydrogen-bond donors (Lipinski definition) is 0. The highest BCUT2D eigenvalue weighted by Gasteiger charge is 2.17. The van der Waals surface area contributed by atoms with Gasteiger partial charge in [0, 0.05) is 10.9 Å². The molecule has 0 nitrogen and oxygen atoms in total. The molecule has 74 valence electrons. The Kier molecular flexibility index (Phi) is 2.45. The monoisotopic (exact) mass is 232 g/mol. The molecule has 0 atom stereocenters. The van der Waals surface area contributed by atoms with Gasteiger partial charge in [0.2, 0.25) is 0 Å². The Labute approximate surface area is 89.1 Å². The smallest absolute Gasteiger partial charge is 0.205 e. The summed E-state index contributed by atoms with van der Waals surface area (Å²) in [5, 5.41) is 2.91. The van der Waals surface area contributed by atoms with Crippen molar-refractivity contribution in [1.82, 2.24) is 0 Å². The highest BCUT2D eigenvalue weighted by molar-refractivity contribution is 7.17. The first-order valence-electron chi connectivity index (χ1n) is 4.05. The lowest BCUT2D eigenvalue weighted by Gasteiger charge is -2.07. The third-order valence-electron chi connectivity index (χ3n) is 2.16. The van der Waals surface area contributed by atoms with Crippen LogP contribution in [0.3, 0.4) is 0 Å². The third-order valence-corrected chi connectivity index (χ3v) is 3.52.